The molecule has 0 heterocycles. The van der Waals surface area contributed by atoms with E-state index in [2.05, 4.69) is 16.0 Å². The zero-order valence-corrected chi connectivity index (χ0v) is 18.6. The number of methoxy groups -OCH3 is 1. The summed E-state index contributed by atoms with van der Waals surface area (Å²) in [6.07, 6.45) is 0. The molecular formula is C26H27N3O4. The smallest absolute Gasteiger partial charge is 0.313 e. The number of para-hydroxylation sites is 1. The van der Waals surface area contributed by atoms with E-state index in [1.807, 2.05) is 61.5 Å². The van der Waals surface area contributed by atoms with Crippen LogP contribution in [0.5, 0.6) is 5.75 Å². The molecule has 0 aliphatic carbocycles. The maximum Gasteiger partial charge on any atom is 0.313 e. The fourth-order valence-corrected chi connectivity index (χ4v) is 3.22. The number of amides is 3. The van der Waals surface area contributed by atoms with Crippen LogP contribution in [0.3, 0.4) is 0 Å². The van der Waals surface area contributed by atoms with Crippen molar-refractivity contribution in [2.24, 2.45) is 0 Å². The largest absolute Gasteiger partial charge is 0.497 e. The maximum atomic E-state index is 12.7. The van der Waals surface area contributed by atoms with Crippen LogP contribution >= 0.6 is 0 Å². The van der Waals surface area contributed by atoms with Crippen molar-refractivity contribution in [3.8, 4) is 5.75 Å². The number of hydrogen-bond donors (Lipinski definition) is 3. The van der Waals surface area contributed by atoms with E-state index in [0.29, 0.717) is 13.1 Å². The zero-order valence-electron chi connectivity index (χ0n) is 18.6. The molecule has 0 aliphatic rings. The van der Waals surface area contributed by atoms with Gasteiger partial charge in [-0.15, -0.1) is 0 Å². The summed E-state index contributed by atoms with van der Waals surface area (Å²) in [7, 11) is 1.59. The lowest BCUT2D eigenvalue weighted by Gasteiger charge is -2.14. The highest BCUT2D eigenvalue weighted by Gasteiger charge is 2.18. The Kier molecular flexibility index (Phi) is 8.18. The topological polar surface area (TPSA) is 96.5 Å². The predicted molar refractivity (Wildman–Crippen MR) is 127 cm³/mol. The van der Waals surface area contributed by atoms with Gasteiger partial charge in [0.2, 0.25) is 0 Å². The van der Waals surface area contributed by atoms with Gasteiger partial charge in [-0.25, -0.2) is 0 Å². The Bertz CT molecular complexity index is 1100. The van der Waals surface area contributed by atoms with Crippen molar-refractivity contribution in [3.05, 3.63) is 95.6 Å². The molecule has 0 radical (unpaired) electrons. The van der Waals surface area contributed by atoms with Gasteiger partial charge in [-0.1, -0.05) is 61.5 Å². The van der Waals surface area contributed by atoms with Crippen molar-refractivity contribution < 1.29 is 19.1 Å². The third-order valence-electron chi connectivity index (χ3n) is 5.18. The summed E-state index contributed by atoms with van der Waals surface area (Å²) in [5.74, 6) is -1.16. The molecule has 7 nitrogen and oxygen atoms in total. The molecule has 3 N–H and O–H groups in total. The minimum absolute atomic E-state index is 0.0546. The summed E-state index contributed by atoms with van der Waals surface area (Å²) in [5, 5.41) is 8.01. The Hall–Kier alpha value is -4.13. The number of hydrogen-bond acceptors (Lipinski definition) is 4. The Morgan fingerprint density at radius 1 is 0.818 bits per heavy atom. The van der Waals surface area contributed by atoms with Crippen LogP contribution in [0.4, 0.5) is 5.69 Å². The summed E-state index contributed by atoms with van der Waals surface area (Å²) >= 11 is 0. The number of ether oxygens (including phenoxy) is 1. The first-order valence-corrected chi connectivity index (χ1v) is 10.6. The van der Waals surface area contributed by atoms with Crippen LogP contribution in [0.15, 0.2) is 78.9 Å². The second kappa shape index (κ2) is 11.5. The maximum absolute atomic E-state index is 12.7. The van der Waals surface area contributed by atoms with E-state index in [4.69, 9.17) is 4.74 Å². The molecule has 1 atom stereocenters. The van der Waals surface area contributed by atoms with Gasteiger partial charge in [0.15, 0.2) is 0 Å². The van der Waals surface area contributed by atoms with Crippen LogP contribution in [0.25, 0.3) is 0 Å². The number of benzene rings is 3. The molecule has 0 saturated heterocycles. The fourth-order valence-electron chi connectivity index (χ4n) is 3.22. The van der Waals surface area contributed by atoms with Crippen LogP contribution < -0.4 is 20.7 Å². The van der Waals surface area contributed by atoms with Crippen LogP contribution in [-0.2, 0) is 16.1 Å². The molecule has 7 heteroatoms. The summed E-state index contributed by atoms with van der Waals surface area (Å²) in [4.78, 5) is 37.4. The Balaban J connectivity index is 1.56. The zero-order chi connectivity index (χ0) is 23.6. The highest BCUT2D eigenvalue weighted by molar-refractivity contribution is 6.40. The van der Waals surface area contributed by atoms with Crippen molar-refractivity contribution in [3.63, 3.8) is 0 Å². The lowest BCUT2D eigenvalue weighted by Crippen LogP contribution is -2.37. The van der Waals surface area contributed by atoms with E-state index in [9.17, 15) is 14.4 Å². The van der Waals surface area contributed by atoms with Gasteiger partial charge in [0.05, 0.1) is 18.4 Å². The molecule has 3 rings (SSSR count). The molecule has 3 aromatic rings. The van der Waals surface area contributed by atoms with E-state index in [1.165, 1.54) is 0 Å². The SMILES string of the molecule is COc1ccc(CNC(=O)c2ccccc2NC(=O)C(=O)NC[C@H](C)c2ccccc2)cc1. The predicted octanol–water partition coefficient (Wildman–Crippen LogP) is 3.48. The monoisotopic (exact) mass is 445 g/mol. The highest BCUT2D eigenvalue weighted by Crippen LogP contribution is 2.16. The summed E-state index contributed by atoms with van der Waals surface area (Å²) in [6, 6.07) is 23.6. The van der Waals surface area contributed by atoms with E-state index in [0.717, 1.165) is 16.9 Å². The molecule has 0 fully saturated rings. The Morgan fingerprint density at radius 3 is 2.18 bits per heavy atom. The number of nitrogens with one attached hydrogen (secondary N) is 3. The number of carbonyl (C=O) groups is 3. The Labute approximate surface area is 193 Å². The van der Waals surface area contributed by atoms with Gasteiger partial charge in [-0.2, -0.15) is 0 Å². The molecule has 0 unspecified atom stereocenters. The van der Waals surface area contributed by atoms with Crippen LogP contribution in [-0.4, -0.2) is 31.4 Å². The van der Waals surface area contributed by atoms with E-state index in [1.54, 1.807) is 31.4 Å². The normalized spacial score (nSPS) is 11.2. The second-order valence-corrected chi connectivity index (χ2v) is 7.55. The molecular weight excluding hydrogens is 418 g/mol. The van der Waals surface area contributed by atoms with Crippen LogP contribution in [0.2, 0.25) is 0 Å². The third-order valence-corrected chi connectivity index (χ3v) is 5.18. The average Bonchev–Trinajstić information content (AvgIpc) is 2.86. The van der Waals surface area contributed by atoms with E-state index < -0.39 is 11.8 Å². The van der Waals surface area contributed by atoms with Crippen molar-refractivity contribution in [1.29, 1.82) is 0 Å². The van der Waals surface area contributed by atoms with Crippen LogP contribution in [0.1, 0.15) is 34.3 Å². The molecule has 3 amide bonds. The van der Waals surface area contributed by atoms with Gasteiger partial charge in [-0.05, 0) is 41.3 Å². The quantitative estimate of drug-likeness (QED) is 0.463. The van der Waals surface area contributed by atoms with Gasteiger partial charge in [-0.3, -0.25) is 14.4 Å². The first-order valence-electron chi connectivity index (χ1n) is 10.6. The minimum Gasteiger partial charge on any atom is -0.497 e. The second-order valence-electron chi connectivity index (χ2n) is 7.55. The van der Waals surface area contributed by atoms with Crippen molar-refractivity contribution in [1.82, 2.24) is 10.6 Å². The first-order chi connectivity index (χ1) is 16.0. The van der Waals surface area contributed by atoms with E-state index >= 15 is 0 Å². The van der Waals surface area contributed by atoms with Gasteiger partial charge >= 0.3 is 11.8 Å². The number of carbonyl (C=O) groups excluding carboxylic acids is 3. The lowest BCUT2D eigenvalue weighted by molar-refractivity contribution is -0.136. The van der Waals surface area contributed by atoms with Crippen molar-refractivity contribution >= 4 is 23.4 Å². The van der Waals surface area contributed by atoms with Gasteiger partial charge in [0.1, 0.15) is 5.75 Å². The molecule has 33 heavy (non-hydrogen) atoms. The molecule has 0 spiro atoms. The molecule has 0 aliphatic heterocycles. The van der Waals surface area contributed by atoms with Gasteiger partial charge < -0.3 is 20.7 Å². The van der Waals surface area contributed by atoms with E-state index in [-0.39, 0.29) is 23.1 Å². The molecule has 0 aromatic heterocycles. The summed E-state index contributed by atoms with van der Waals surface area (Å²) in [6.45, 7) is 2.60. The van der Waals surface area contributed by atoms with Gasteiger partial charge in [0.25, 0.3) is 5.91 Å². The summed E-state index contributed by atoms with van der Waals surface area (Å²) in [5.41, 5.74) is 2.50. The molecule has 170 valence electrons. The first kappa shape index (κ1) is 23.5. The van der Waals surface area contributed by atoms with Gasteiger partial charge in [0, 0.05) is 13.1 Å². The summed E-state index contributed by atoms with van der Waals surface area (Å²) < 4.78 is 5.13. The lowest BCUT2D eigenvalue weighted by atomic mass is 10.0. The highest BCUT2D eigenvalue weighted by atomic mass is 16.5. The Morgan fingerprint density at radius 2 is 1.48 bits per heavy atom. The molecule has 0 bridgehead atoms. The molecule has 0 saturated carbocycles. The minimum atomic E-state index is -0.828. The van der Waals surface area contributed by atoms with Crippen LogP contribution in [0, 0.1) is 0 Å². The van der Waals surface area contributed by atoms with Crippen molar-refractivity contribution in [2.45, 2.75) is 19.4 Å². The van der Waals surface area contributed by atoms with Crippen molar-refractivity contribution in [2.75, 3.05) is 19.0 Å². The standard InChI is InChI=1S/C26H27N3O4/c1-18(20-8-4-3-5-9-20)16-27-25(31)26(32)29-23-11-7-6-10-22(23)24(30)28-17-19-12-14-21(33-2)15-13-19/h3-15,18H,16-17H2,1-2H3,(H,27,31)(H,28,30)(H,29,32)/t18-/m0/s1. The number of rotatable bonds is 8. The fraction of sp³-hybridized carbons (Fsp3) is 0.192. The number of anilines is 1. The molecule has 3 aromatic carbocycles. The third kappa shape index (κ3) is 6.67. The average molecular weight is 446 g/mol.